The van der Waals surface area contributed by atoms with Gasteiger partial charge in [0.2, 0.25) is 5.90 Å². The molecule has 27 heavy (non-hydrogen) atoms. The Kier molecular flexibility index (Phi) is 5.84. The van der Waals surface area contributed by atoms with Crippen LogP contribution in [0.15, 0.2) is 47.1 Å². The Bertz CT molecular complexity index is 930. The maximum atomic E-state index is 12.2. The molecule has 0 saturated heterocycles. The summed E-state index contributed by atoms with van der Waals surface area (Å²) in [4.78, 5) is 16.6. The number of ether oxygens (including phenoxy) is 3. The summed E-state index contributed by atoms with van der Waals surface area (Å²) in [5.41, 5.74) is 2.93. The van der Waals surface area contributed by atoms with Crippen molar-refractivity contribution in [3.05, 3.63) is 62.4 Å². The minimum atomic E-state index is -0.470. The van der Waals surface area contributed by atoms with Crippen molar-refractivity contribution in [3.63, 3.8) is 0 Å². The topological polar surface area (TPSA) is 57.1 Å². The molecule has 5 nitrogen and oxygen atoms in total. The molecule has 0 amide bonds. The number of esters is 1. The van der Waals surface area contributed by atoms with E-state index in [1.54, 1.807) is 13.2 Å². The maximum absolute atomic E-state index is 12.2. The summed E-state index contributed by atoms with van der Waals surface area (Å²) < 4.78 is 17.5. The predicted molar refractivity (Wildman–Crippen MR) is 113 cm³/mol. The third kappa shape index (κ3) is 4.50. The van der Waals surface area contributed by atoms with Gasteiger partial charge in [-0.25, -0.2) is 9.79 Å². The fourth-order valence-corrected chi connectivity index (χ4v) is 3.31. The number of carbonyl (C=O) groups is 1. The first-order valence-corrected chi connectivity index (χ1v) is 9.59. The molecule has 3 rings (SSSR count). The van der Waals surface area contributed by atoms with Gasteiger partial charge < -0.3 is 14.2 Å². The lowest BCUT2D eigenvalue weighted by Crippen LogP contribution is -2.08. The van der Waals surface area contributed by atoms with E-state index < -0.39 is 5.97 Å². The molecule has 0 aromatic heterocycles. The number of aliphatic imine (C=N–C) groups is 1. The molecule has 0 aliphatic carbocycles. The highest BCUT2D eigenvalue weighted by molar-refractivity contribution is 14.1. The third-order valence-corrected chi connectivity index (χ3v) is 4.63. The molecule has 0 fully saturated rings. The SMILES string of the molecule is COc1cc(/C=C2\N=C(c3ccc(C)cc3)OC2=O)cc(I)c1OC(C)C. The molecule has 0 unspecified atom stereocenters. The molecule has 0 N–H and O–H groups in total. The average molecular weight is 477 g/mol. The molecule has 1 aliphatic heterocycles. The summed E-state index contributed by atoms with van der Waals surface area (Å²) in [6.45, 7) is 5.92. The summed E-state index contributed by atoms with van der Waals surface area (Å²) in [6.07, 6.45) is 1.72. The zero-order valence-electron chi connectivity index (χ0n) is 15.6. The van der Waals surface area contributed by atoms with Crippen LogP contribution in [0.1, 0.15) is 30.5 Å². The first kappa shape index (κ1) is 19.4. The largest absolute Gasteiger partial charge is 0.493 e. The van der Waals surface area contributed by atoms with Gasteiger partial charge in [0, 0.05) is 5.56 Å². The standard InChI is InChI=1S/C21H20INO4/c1-12(2)26-19-16(22)9-14(11-18(19)25-4)10-17-21(24)27-20(23-17)15-7-5-13(3)6-8-15/h5-12H,1-4H3/b17-10-. The van der Waals surface area contributed by atoms with Crippen molar-refractivity contribution in [3.8, 4) is 11.5 Å². The molecule has 140 valence electrons. The van der Waals surface area contributed by atoms with Crippen molar-refractivity contribution >= 4 is 40.5 Å². The van der Waals surface area contributed by atoms with Crippen LogP contribution in [0, 0.1) is 10.5 Å². The average Bonchev–Trinajstić information content (AvgIpc) is 2.98. The second kappa shape index (κ2) is 8.12. The van der Waals surface area contributed by atoms with Crippen molar-refractivity contribution < 1.29 is 19.0 Å². The number of carbonyl (C=O) groups excluding carboxylic acids is 1. The normalized spacial score (nSPS) is 15.1. The highest BCUT2D eigenvalue weighted by Gasteiger charge is 2.24. The number of aryl methyl sites for hydroxylation is 1. The van der Waals surface area contributed by atoms with Crippen LogP contribution in [0.4, 0.5) is 0 Å². The number of hydrogen-bond acceptors (Lipinski definition) is 5. The van der Waals surface area contributed by atoms with Gasteiger partial charge in [0.1, 0.15) is 0 Å². The maximum Gasteiger partial charge on any atom is 0.363 e. The molecular weight excluding hydrogens is 457 g/mol. The zero-order chi connectivity index (χ0) is 19.6. The number of halogens is 1. The summed E-state index contributed by atoms with van der Waals surface area (Å²) in [5, 5.41) is 0. The fourth-order valence-electron chi connectivity index (χ4n) is 2.56. The lowest BCUT2D eigenvalue weighted by atomic mass is 10.1. The Morgan fingerprint density at radius 1 is 1.19 bits per heavy atom. The van der Waals surface area contributed by atoms with Crippen LogP contribution >= 0.6 is 22.6 Å². The van der Waals surface area contributed by atoms with Crippen molar-refractivity contribution in [2.75, 3.05) is 7.11 Å². The molecular formula is C21H20INO4. The van der Waals surface area contributed by atoms with E-state index in [1.165, 1.54) is 0 Å². The number of nitrogens with zero attached hydrogens (tertiary/aromatic N) is 1. The van der Waals surface area contributed by atoms with Crippen LogP contribution in [0.5, 0.6) is 11.5 Å². The van der Waals surface area contributed by atoms with Crippen molar-refractivity contribution in [1.82, 2.24) is 0 Å². The second-order valence-corrected chi connectivity index (χ2v) is 7.56. The summed E-state index contributed by atoms with van der Waals surface area (Å²) in [7, 11) is 1.59. The lowest BCUT2D eigenvalue weighted by molar-refractivity contribution is -0.129. The molecule has 2 aromatic rings. The highest BCUT2D eigenvalue weighted by Crippen LogP contribution is 2.35. The van der Waals surface area contributed by atoms with E-state index in [0.29, 0.717) is 17.4 Å². The van der Waals surface area contributed by atoms with Gasteiger partial charge in [-0.1, -0.05) is 17.7 Å². The van der Waals surface area contributed by atoms with Gasteiger partial charge in [-0.2, -0.15) is 0 Å². The molecule has 0 bridgehead atoms. The van der Waals surface area contributed by atoms with E-state index in [2.05, 4.69) is 27.6 Å². The van der Waals surface area contributed by atoms with Gasteiger partial charge in [-0.15, -0.1) is 0 Å². The monoisotopic (exact) mass is 477 g/mol. The summed E-state index contributed by atoms with van der Waals surface area (Å²) >= 11 is 2.19. The highest BCUT2D eigenvalue weighted by atomic mass is 127. The van der Waals surface area contributed by atoms with Crippen LogP contribution in [0.3, 0.4) is 0 Å². The number of cyclic esters (lactones) is 1. The zero-order valence-corrected chi connectivity index (χ0v) is 17.7. The van der Waals surface area contributed by atoms with Crippen LogP contribution < -0.4 is 9.47 Å². The van der Waals surface area contributed by atoms with Crippen LogP contribution in [0.25, 0.3) is 6.08 Å². The molecule has 1 aliphatic rings. The predicted octanol–water partition coefficient (Wildman–Crippen LogP) is 4.74. The van der Waals surface area contributed by atoms with E-state index in [4.69, 9.17) is 14.2 Å². The quantitative estimate of drug-likeness (QED) is 0.355. The van der Waals surface area contributed by atoms with E-state index in [0.717, 1.165) is 20.3 Å². The second-order valence-electron chi connectivity index (χ2n) is 6.40. The van der Waals surface area contributed by atoms with Gasteiger partial charge in [-0.05, 0) is 79.3 Å². The first-order chi connectivity index (χ1) is 12.9. The smallest absolute Gasteiger partial charge is 0.363 e. The van der Waals surface area contributed by atoms with Crippen molar-refractivity contribution in [1.29, 1.82) is 0 Å². The molecule has 0 spiro atoms. The van der Waals surface area contributed by atoms with E-state index in [1.807, 2.05) is 57.2 Å². The van der Waals surface area contributed by atoms with E-state index in [-0.39, 0.29) is 11.8 Å². The van der Waals surface area contributed by atoms with Gasteiger partial charge in [0.25, 0.3) is 0 Å². The molecule has 0 saturated carbocycles. The molecule has 1 heterocycles. The minimum Gasteiger partial charge on any atom is -0.493 e. The van der Waals surface area contributed by atoms with Gasteiger partial charge in [-0.3, -0.25) is 0 Å². The third-order valence-electron chi connectivity index (χ3n) is 3.83. The van der Waals surface area contributed by atoms with Gasteiger partial charge in [0.05, 0.1) is 16.8 Å². The Morgan fingerprint density at radius 3 is 2.52 bits per heavy atom. The first-order valence-electron chi connectivity index (χ1n) is 8.51. The molecule has 6 heteroatoms. The Labute approximate surface area is 172 Å². The summed E-state index contributed by atoms with van der Waals surface area (Å²) in [6, 6.07) is 11.4. The Morgan fingerprint density at radius 2 is 1.89 bits per heavy atom. The van der Waals surface area contributed by atoms with Crippen molar-refractivity contribution in [2.24, 2.45) is 4.99 Å². The molecule has 0 atom stereocenters. The van der Waals surface area contributed by atoms with Crippen LogP contribution in [-0.4, -0.2) is 25.1 Å². The van der Waals surface area contributed by atoms with Crippen LogP contribution in [0.2, 0.25) is 0 Å². The van der Waals surface area contributed by atoms with Crippen molar-refractivity contribution in [2.45, 2.75) is 26.9 Å². The Balaban J connectivity index is 1.95. The number of methoxy groups -OCH3 is 1. The molecule has 0 radical (unpaired) electrons. The summed E-state index contributed by atoms with van der Waals surface area (Å²) in [5.74, 6) is 1.14. The number of benzene rings is 2. The van der Waals surface area contributed by atoms with Gasteiger partial charge >= 0.3 is 5.97 Å². The number of hydrogen-bond donors (Lipinski definition) is 0. The number of rotatable bonds is 5. The molecule has 2 aromatic carbocycles. The Hall–Kier alpha value is -2.35. The van der Waals surface area contributed by atoms with E-state index >= 15 is 0 Å². The van der Waals surface area contributed by atoms with E-state index in [9.17, 15) is 4.79 Å². The van der Waals surface area contributed by atoms with Gasteiger partial charge in [0.15, 0.2) is 17.2 Å². The fraction of sp³-hybridized carbons (Fsp3) is 0.238. The minimum absolute atomic E-state index is 0.0306. The van der Waals surface area contributed by atoms with Crippen LogP contribution in [-0.2, 0) is 9.53 Å². The lowest BCUT2D eigenvalue weighted by Gasteiger charge is -2.15.